The van der Waals surface area contributed by atoms with Crippen LogP contribution in [0.4, 0.5) is 0 Å². The van der Waals surface area contributed by atoms with Crippen LogP contribution in [0.15, 0.2) is 0 Å². The number of ether oxygens (including phenoxy) is 1. The van der Waals surface area contributed by atoms with Gasteiger partial charge in [-0.05, 0) is 38.0 Å². The average molecular weight is 179 g/mol. The highest BCUT2D eigenvalue weighted by Gasteiger charge is 2.45. The SMILES string of the molecule is CC1CCC2(CC1)OCCC2C#N. The Balaban J connectivity index is 2.08. The number of nitriles is 1. The van der Waals surface area contributed by atoms with Crippen molar-refractivity contribution in [1.29, 1.82) is 5.26 Å². The van der Waals surface area contributed by atoms with E-state index in [0.717, 1.165) is 31.8 Å². The van der Waals surface area contributed by atoms with Gasteiger partial charge in [0.25, 0.3) is 0 Å². The molecule has 2 heteroatoms. The monoisotopic (exact) mass is 179 g/mol. The number of hydrogen-bond donors (Lipinski definition) is 0. The largest absolute Gasteiger partial charge is 0.374 e. The molecule has 72 valence electrons. The van der Waals surface area contributed by atoms with Crippen LogP contribution in [0, 0.1) is 23.2 Å². The minimum Gasteiger partial charge on any atom is -0.374 e. The van der Waals surface area contributed by atoms with Gasteiger partial charge in [-0.2, -0.15) is 5.26 Å². The third kappa shape index (κ3) is 1.46. The van der Waals surface area contributed by atoms with E-state index in [0.29, 0.717) is 0 Å². The van der Waals surface area contributed by atoms with Gasteiger partial charge in [0.1, 0.15) is 0 Å². The molecule has 2 nitrogen and oxygen atoms in total. The number of rotatable bonds is 0. The van der Waals surface area contributed by atoms with Crippen molar-refractivity contribution in [3.05, 3.63) is 0 Å². The zero-order chi connectivity index (χ0) is 9.31. The smallest absolute Gasteiger partial charge is 0.0841 e. The highest BCUT2D eigenvalue weighted by Crippen LogP contribution is 2.44. The van der Waals surface area contributed by atoms with Gasteiger partial charge in [0, 0.05) is 6.61 Å². The minimum absolute atomic E-state index is 0.0404. The van der Waals surface area contributed by atoms with Crippen molar-refractivity contribution in [3.63, 3.8) is 0 Å². The van der Waals surface area contributed by atoms with Gasteiger partial charge < -0.3 is 4.74 Å². The van der Waals surface area contributed by atoms with E-state index in [9.17, 15) is 0 Å². The molecule has 0 aromatic carbocycles. The normalized spacial score (nSPS) is 44.9. The maximum Gasteiger partial charge on any atom is 0.0841 e. The molecular formula is C11H17NO. The van der Waals surface area contributed by atoms with Crippen LogP contribution in [0.1, 0.15) is 39.0 Å². The van der Waals surface area contributed by atoms with E-state index >= 15 is 0 Å². The molecule has 13 heavy (non-hydrogen) atoms. The summed E-state index contributed by atoms with van der Waals surface area (Å²) in [6.45, 7) is 3.09. The predicted molar refractivity (Wildman–Crippen MR) is 50.0 cm³/mol. The van der Waals surface area contributed by atoms with Crippen LogP contribution in [-0.2, 0) is 4.74 Å². The summed E-state index contributed by atoms with van der Waals surface area (Å²) in [6.07, 6.45) is 5.63. The molecule has 1 heterocycles. The van der Waals surface area contributed by atoms with Crippen LogP contribution in [0.25, 0.3) is 0 Å². The van der Waals surface area contributed by atoms with Gasteiger partial charge in [0.2, 0.25) is 0 Å². The van der Waals surface area contributed by atoms with Gasteiger partial charge in [-0.3, -0.25) is 0 Å². The van der Waals surface area contributed by atoms with Crippen LogP contribution in [0.3, 0.4) is 0 Å². The second-order valence-electron chi connectivity index (χ2n) is 4.57. The van der Waals surface area contributed by atoms with E-state index in [2.05, 4.69) is 13.0 Å². The van der Waals surface area contributed by atoms with Crippen molar-refractivity contribution in [2.75, 3.05) is 6.61 Å². The fraction of sp³-hybridized carbons (Fsp3) is 0.909. The first-order valence-corrected chi connectivity index (χ1v) is 5.30. The van der Waals surface area contributed by atoms with E-state index in [1.54, 1.807) is 0 Å². The van der Waals surface area contributed by atoms with Gasteiger partial charge in [0.05, 0.1) is 17.6 Å². The second-order valence-corrected chi connectivity index (χ2v) is 4.57. The third-order valence-corrected chi connectivity index (χ3v) is 3.71. The Morgan fingerprint density at radius 3 is 2.62 bits per heavy atom. The maximum atomic E-state index is 9.02. The lowest BCUT2D eigenvalue weighted by Gasteiger charge is -2.37. The molecule has 1 spiro atoms. The van der Waals surface area contributed by atoms with Crippen molar-refractivity contribution >= 4 is 0 Å². The molecular weight excluding hydrogens is 162 g/mol. The highest BCUT2D eigenvalue weighted by molar-refractivity contribution is 5.04. The molecule has 0 aromatic heterocycles. The molecule has 2 aliphatic rings. The standard InChI is InChI=1S/C11H17NO/c1-9-2-5-11(6-3-9)10(8-12)4-7-13-11/h9-10H,2-7H2,1H3. The summed E-state index contributed by atoms with van der Waals surface area (Å²) >= 11 is 0. The van der Waals surface area contributed by atoms with Crippen molar-refractivity contribution in [1.82, 2.24) is 0 Å². The Labute approximate surface area is 79.9 Å². The van der Waals surface area contributed by atoms with E-state index in [1.807, 2.05) is 0 Å². The molecule has 1 saturated carbocycles. The Morgan fingerprint density at radius 2 is 2.00 bits per heavy atom. The fourth-order valence-electron chi connectivity index (χ4n) is 2.67. The Bertz CT molecular complexity index is 223. The lowest BCUT2D eigenvalue weighted by atomic mass is 9.73. The molecule has 1 aliphatic carbocycles. The third-order valence-electron chi connectivity index (χ3n) is 3.71. The molecule has 0 amide bonds. The van der Waals surface area contributed by atoms with Gasteiger partial charge in [0.15, 0.2) is 0 Å². The molecule has 0 N–H and O–H groups in total. The zero-order valence-corrected chi connectivity index (χ0v) is 8.25. The summed E-state index contributed by atoms with van der Waals surface area (Å²) in [5.74, 6) is 0.995. The summed E-state index contributed by atoms with van der Waals surface area (Å²) in [4.78, 5) is 0. The Kier molecular flexibility index (Phi) is 2.29. The Morgan fingerprint density at radius 1 is 1.31 bits per heavy atom. The van der Waals surface area contributed by atoms with Crippen LogP contribution >= 0.6 is 0 Å². The van der Waals surface area contributed by atoms with Crippen LogP contribution in [0.2, 0.25) is 0 Å². The predicted octanol–water partition coefficient (Wildman–Crippen LogP) is 2.50. The van der Waals surface area contributed by atoms with Gasteiger partial charge in [-0.1, -0.05) is 6.92 Å². The van der Waals surface area contributed by atoms with E-state index in [1.165, 1.54) is 12.8 Å². The Hall–Kier alpha value is -0.550. The molecule has 1 aliphatic heterocycles. The molecule has 0 radical (unpaired) electrons. The molecule has 1 saturated heterocycles. The average Bonchev–Trinajstić information content (AvgIpc) is 2.54. The zero-order valence-electron chi connectivity index (χ0n) is 8.25. The quantitative estimate of drug-likeness (QED) is 0.572. The van der Waals surface area contributed by atoms with Crippen molar-refractivity contribution < 1.29 is 4.74 Å². The van der Waals surface area contributed by atoms with Crippen molar-refractivity contribution in [3.8, 4) is 6.07 Å². The first kappa shape index (κ1) is 9.02. The van der Waals surface area contributed by atoms with Crippen LogP contribution in [-0.4, -0.2) is 12.2 Å². The molecule has 0 bridgehead atoms. The lowest BCUT2D eigenvalue weighted by Crippen LogP contribution is -2.38. The van der Waals surface area contributed by atoms with Gasteiger partial charge >= 0.3 is 0 Å². The molecule has 2 rings (SSSR count). The summed E-state index contributed by atoms with van der Waals surface area (Å²) < 4.78 is 5.81. The first-order chi connectivity index (χ1) is 6.27. The van der Waals surface area contributed by atoms with Gasteiger partial charge in [-0.15, -0.1) is 0 Å². The van der Waals surface area contributed by atoms with Gasteiger partial charge in [-0.25, -0.2) is 0 Å². The van der Waals surface area contributed by atoms with Crippen molar-refractivity contribution in [2.24, 2.45) is 11.8 Å². The first-order valence-electron chi connectivity index (χ1n) is 5.30. The summed E-state index contributed by atoms with van der Waals surface area (Å²) in [5, 5.41) is 9.02. The van der Waals surface area contributed by atoms with E-state index in [-0.39, 0.29) is 11.5 Å². The highest BCUT2D eigenvalue weighted by atomic mass is 16.5. The van der Waals surface area contributed by atoms with Crippen molar-refractivity contribution in [2.45, 2.75) is 44.6 Å². The fourth-order valence-corrected chi connectivity index (χ4v) is 2.67. The summed E-state index contributed by atoms with van der Waals surface area (Å²) in [5.41, 5.74) is -0.0404. The topological polar surface area (TPSA) is 33.0 Å². The molecule has 1 atom stereocenters. The summed E-state index contributed by atoms with van der Waals surface area (Å²) in [6, 6.07) is 2.41. The second kappa shape index (κ2) is 3.31. The summed E-state index contributed by atoms with van der Waals surface area (Å²) in [7, 11) is 0. The molecule has 1 unspecified atom stereocenters. The number of nitrogens with zero attached hydrogens (tertiary/aromatic N) is 1. The van der Waals surface area contributed by atoms with E-state index in [4.69, 9.17) is 10.00 Å². The molecule has 2 fully saturated rings. The van der Waals surface area contributed by atoms with E-state index < -0.39 is 0 Å². The maximum absolute atomic E-state index is 9.02. The molecule has 0 aromatic rings. The van der Waals surface area contributed by atoms with Crippen LogP contribution in [0.5, 0.6) is 0 Å². The van der Waals surface area contributed by atoms with Crippen LogP contribution < -0.4 is 0 Å². The number of hydrogen-bond acceptors (Lipinski definition) is 2. The lowest BCUT2D eigenvalue weighted by molar-refractivity contribution is -0.0471. The minimum atomic E-state index is -0.0404.